The Kier molecular flexibility index (Phi) is 4.38. The van der Waals surface area contributed by atoms with Gasteiger partial charge in [-0.3, -0.25) is 9.59 Å². The maximum atomic E-state index is 12.6. The standard InChI is InChI=1S/C20H22N2O2/c1-13-8-6-10-18(15(13)3)22-12-16(11-19(22)23)20(24)21-17-9-5-4-7-14(17)2/h4-10,16H,11-12H2,1-3H3,(H,21,24). The Bertz CT molecular complexity index is 798. The molecule has 124 valence electrons. The number of nitrogens with one attached hydrogen (secondary N) is 1. The van der Waals surface area contributed by atoms with Crippen LogP contribution in [0.1, 0.15) is 23.1 Å². The number of rotatable bonds is 3. The van der Waals surface area contributed by atoms with Gasteiger partial charge in [-0.1, -0.05) is 30.3 Å². The fourth-order valence-electron chi connectivity index (χ4n) is 3.09. The van der Waals surface area contributed by atoms with E-state index in [0.717, 1.165) is 28.1 Å². The summed E-state index contributed by atoms with van der Waals surface area (Å²) in [5, 5.41) is 2.95. The molecule has 1 fully saturated rings. The number of nitrogens with zero attached hydrogens (tertiary/aromatic N) is 1. The molecule has 0 spiro atoms. The molecule has 2 aromatic rings. The molecular weight excluding hydrogens is 300 g/mol. The summed E-state index contributed by atoms with van der Waals surface area (Å²) in [5.74, 6) is -0.406. The topological polar surface area (TPSA) is 49.4 Å². The molecule has 4 nitrogen and oxygen atoms in total. The summed E-state index contributed by atoms with van der Waals surface area (Å²) >= 11 is 0. The predicted octanol–water partition coefficient (Wildman–Crippen LogP) is 3.60. The van der Waals surface area contributed by atoms with E-state index in [0.29, 0.717) is 6.54 Å². The zero-order valence-corrected chi connectivity index (χ0v) is 14.3. The Labute approximate surface area is 142 Å². The van der Waals surface area contributed by atoms with E-state index in [9.17, 15) is 9.59 Å². The summed E-state index contributed by atoms with van der Waals surface area (Å²) in [4.78, 5) is 26.7. The minimum absolute atomic E-state index is 0.00799. The van der Waals surface area contributed by atoms with Crippen LogP contribution in [0.15, 0.2) is 42.5 Å². The van der Waals surface area contributed by atoms with E-state index in [4.69, 9.17) is 0 Å². The number of carbonyl (C=O) groups excluding carboxylic acids is 2. The molecule has 1 aliphatic heterocycles. The van der Waals surface area contributed by atoms with E-state index < -0.39 is 0 Å². The fraction of sp³-hybridized carbons (Fsp3) is 0.300. The maximum absolute atomic E-state index is 12.6. The van der Waals surface area contributed by atoms with Crippen molar-refractivity contribution in [2.24, 2.45) is 5.92 Å². The van der Waals surface area contributed by atoms with Crippen LogP contribution < -0.4 is 10.2 Å². The molecule has 1 saturated heterocycles. The Hall–Kier alpha value is -2.62. The summed E-state index contributed by atoms with van der Waals surface area (Å²) in [7, 11) is 0. The average Bonchev–Trinajstić information content (AvgIpc) is 2.94. The molecule has 4 heteroatoms. The van der Waals surface area contributed by atoms with Crippen molar-refractivity contribution in [3.05, 3.63) is 59.2 Å². The van der Waals surface area contributed by atoms with Gasteiger partial charge in [0.05, 0.1) is 5.92 Å². The van der Waals surface area contributed by atoms with E-state index in [1.165, 1.54) is 0 Å². The first-order valence-electron chi connectivity index (χ1n) is 8.20. The highest BCUT2D eigenvalue weighted by molar-refractivity contribution is 6.04. The van der Waals surface area contributed by atoms with Crippen LogP contribution in [0.25, 0.3) is 0 Å². The Morgan fingerprint density at radius 1 is 1.04 bits per heavy atom. The molecule has 1 atom stereocenters. The number of benzene rings is 2. The summed E-state index contributed by atoms with van der Waals surface area (Å²) in [5.41, 5.74) is 4.96. The zero-order valence-electron chi connectivity index (χ0n) is 14.3. The third-order valence-electron chi connectivity index (χ3n) is 4.77. The molecule has 0 aromatic heterocycles. The molecule has 0 bridgehead atoms. The minimum atomic E-state index is -0.322. The molecular formula is C20H22N2O2. The monoisotopic (exact) mass is 322 g/mol. The zero-order chi connectivity index (χ0) is 17.3. The lowest BCUT2D eigenvalue weighted by Gasteiger charge is -2.20. The van der Waals surface area contributed by atoms with Crippen LogP contribution >= 0.6 is 0 Å². The Morgan fingerprint density at radius 2 is 1.75 bits per heavy atom. The molecule has 1 N–H and O–H groups in total. The fourth-order valence-corrected chi connectivity index (χ4v) is 3.09. The van der Waals surface area contributed by atoms with Gasteiger partial charge in [-0.15, -0.1) is 0 Å². The van der Waals surface area contributed by atoms with Gasteiger partial charge >= 0.3 is 0 Å². The van der Waals surface area contributed by atoms with Gasteiger partial charge in [0.25, 0.3) is 0 Å². The van der Waals surface area contributed by atoms with Gasteiger partial charge in [0.1, 0.15) is 0 Å². The predicted molar refractivity (Wildman–Crippen MR) is 96.2 cm³/mol. The number of hydrogen-bond acceptors (Lipinski definition) is 2. The van der Waals surface area contributed by atoms with E-state index in [1.54, 1.807) is 4.90 Å². The molecule has 2 amide bonds. The molecule has 0 radical (unpaired) electrons. The molecule has 2 aromatic carbocycles. The lowest BCUT2D eigenvalue weighted by atomic mass is 10.1. The van der Waals surface area contributed by atoms with E-state index in [1.807, 2.05) is 63.2 Å². The van der Waals surface area contributed by atoms with Crippen LogP contribution in [0.3, 0.4) is 0 Å². The first-order valence-corrected chi connectivity index (χ1v) is 8.20. The van der Waals surface area contributed by atoms with Crippen molar-refractivity contribution in [2.45, 2.75) is 27.2 Å². The number of hydrogen-bond donors (Lipinski definition) is 1. The van der Waals surface area contributed by atoms with Crippen LogP contribution in [-0.4, -0.2) is 18.4 Å². The second-order valence-electron chi connectivity index (χ2n) is 6.43. The van der Waals surface area contributed by atoms with Crippen molar-refractivity contribution >= 4 is 23.2 Å². The van der Waals surface area contributed by atoms with Crippen molar-refractivity contribution in [2.75, 3.05) is 16.8 Å². The molecule has 0 saturated carbocycles. The molecule has 24 heavy (non-hydrogen) atoms. The second-order valence-corrected chi connectivity index (χ2v) is 6.43. The maximum Gasteiger partial charge on any atom is 0.229 e. The number of carbonyl (C=O) groups is 2. The van der Waals surface area contributed by atoms with Gasteiger partial charge < -0.3 is 10.2 Å². The first-order chi connectivity index (χ1) is 11.5. The van der Waals surface area contributed by atoms with Crippen LogP contribution in [0.4, 0.5) is 11.4 Å². The van der Waals surface area contributed by atoms with E-state index in [2.05, 4.69) is 5.32 Å². The van der Waals surface area contributed by atoms with Gasteiger partial charge in [-0.25, -0.2) is 0 Å². The highest BCUT2D eigenvalue weighted by atomic mass is 16.2. The van der Waals surface area contributed by atoms with Crippen LogP contribution in [0, 0.1) is 26.7 Å². The quantitative estimate of drug-likeness (QED) is 0.938. The van der Waals surface area contributed by atoms with Crippen molar-refractivity contribution in [3.8, 4) is 0 Å². The number of amides is 2. The summed E-state index contributed by atoms with van der Waals surface area (Å²) < 4.78 is 0. The number of para-hydroxylation sites is 1. The van der Waals surface area contributed by atoms with Crippen molar-refractivity contribution < 1.29 is 9.59 Å². The van der Waals surface area contributed by atoms with E-state index in [-0.39, 0.29) is 24.2 Å². The van der Waals surface area contributed by atoms with Crippen LogP contribution in [0.5, 0.6) is 0 Å². The molecule has 1 unspecified atom stereocenters. The molecule has 3 rings (SSSR count). The van der Waals surface area contributed by atoms with Gasteiger partial charge in [-0.05, 0) is 49.6 Å². The second kappa shape index (κ2) is 6.48. The number of aryl methyl sites for hydroxylation is 2. The SMILES string of the molecule is Cc1ccccc1NC(=O)C1CC(=O)N(c2cccc(C)c2C)C1. The lowest BCUT2D eigenvalue weighted by Crippen LogP contribution is -2.28. The third kappa shape index (κ3) is 3.04. The molecule has 0 aliphatic carbocycles. The highest BCUT2D eigenvalue weighted by Crippen LogP contribution is 2.30. The van der Waals surface area contributed by atoms with Crippen molar-refractivity contribution in [3.63, 3.8) is 0 Å². The van der Waals surface area contributed by atoms with E-state index >= 15 is 0 Å². The van der Waals surface area contributed by atoms with Gasteiger partial charge in [0.2, 0.25) is 11.8 Å². The summed E-state index contributed by atoms with van der Waals surface area (Å²) in [6, 6.07) is 13.6. The summed E-state index contributed by atoms with van der Waals surface area (Å²) in [6.45, 7) is 6.43. The van der Waals surface area contributed by atoms with Gasteiger partial charge in [-0.2, -0.15) is 0 Å². The minimum Gasteiger partial charge on any atom is -0.326 e. The lowest BCUT2D eigenvalue weighted by molar-refractivity contribution is -0.122. The average molecular weight is 322 g/mol. The van der Waals surface area contributed by atoms with Crippen LogP contribution in [-0.2, 0) is 9.59 Å². The molecule has 1 heterocycles. The van der Waals surface area contributed by atoms with Crippen molar-refractivity contribution in [1.82, 2.24) is 0 Å². The molecule has 1 aliphatic rings. The Balaban J connectivity index is 1.76. The first kappa shape index (κ1) is 16.2. The normalized spacial score (nSPS) is 17.2. The highest BCUT2D eigenvalue weighted by Gasteiger charge is 2.35. The largest absolute Gasteiger partial charge is 0.326 e. The van der Waals surface area contributed by atoms with Crippen LogP contribution in [0.2, 0.25) is 0 Å². The summed E-state index contributed by atoms with van der Waals surface area (Å²) in [6.07, 6.45) is 0.255. The smallest absolute Gasteiger partial charge is 0.229 e. The van der Waals surface area contributed by atoms with Crippen molar-refractivity contribution in [1.29, 1.82) is 0 Å². The third-order valence-corrected chi connectivity index (χ3v) is 4.77. The van der Waals surface area contributed by atoms with Gasteiger partial charge in [0, 0.05) is 24.3 Å². The Morgan fingerprint density at radius 3 is 2.50 bits per heavy atom. The van der Waals surface area contributed by atoms with Gasteiger partial charge in [0.15, 0.2) is 0 Å². The number of anilines is 2.